The minimum Gasteiger partial charge on any atom is -0.491 e. The number of benzene rings is 1. The molecular formula is C14H21NO2. The summed E-state index contributed by atoms with van der Waals surface area (Å²) in [6.07, 6.45) is 2.14. The molecule has 1 aromatic carbocycles. The van der Waals surface area contributed by atoms with E-state index in [1.807, 2.05) is 12.1 Å². The van der Waals surface area contributed by atoms with E-state index in [0.717, 1.165) is 12.3 Å². The minimum absolute atomic E-state index is 0.347. The van der Waals surface area contributed by atoms with Gasteiger partial charge in [0.1, 0.15) is 12.4 Å². The number of hydrogen-bond donors (Lipinski definition) is 2. The van der Waals surface area contributed by atoms with Gasteiger partial charge in [-0.3, -0.25) is 0 Å². The smallest absolute Gasteiger partial charge is 0.123 e. The third-order valence-electron chi connectivity index (χ3n) is 2.85. The van der Waals surface area contributed by atoms with E-state index in [-0.39, 0.29) is 0 Å². The Hall–Kier alpha value is -1.06. The molecule has 1 aliphatic carbocycles. The maximum Gasteiger partial charge on any atom is 0.123 e. The highest BCUT2D eigenvalue weighted by molar-refractivity contribution is 5.37. The predicted octanol–water partition coefficient (Wildman–Crippen LogP) is 2.01. The third-order valence-corrected chi connectivity index (χ3v) is 2.85. The van der Waals surface area contributed by atoms with E-state index in [9.17, 15) is 5.11 Å². The first-order valence-corrected chi connectivity index (χ1v) is 6.29. The summed E-state index contributed by atoms with van der Waals surface area (Å²) in [6.45, 7) is 5.01. The fourth-order valence-corrected chi connectivity index (χ4v) is 1.74. The Balaban J connectivity index is 2.00. The average molecular weight is 235 g/mol. The molecule has 0 aliphatic heterocycles. The third kappa shape index (κ3) is 4.02. The van der Waals surface area contributed by atoms with E-state index in [2.05, 4.69) is 18.3 Å². The van der Waals surface area contributed by atoms with E-state index in [1.165, 1.54) is 24.0 Å². The normalized spacial score (nSPS) is 16.9. The predicted molar refractivity (Wildman–Crippen MR) is 68.2 cm³/mol. The van der Waals surface area contributed by atoms with Gasteiger partial charge < -0.3 is 15.2 Å². The number of nitrogens with one attached hydrogen (secondary N) is 1. The zero-order valence-corrected chi connectivity index (χ0v) is 10.6. The minimum atomic E-state index is -0.430. The fourth-order valence-electron chi connectivity index (χ4n) is 1.74. The molecule has 17 heavy (non-hydrogen) atoms. The lowest BCUT2D eigenvalue weighted by atomic mass is 10.1. The number of hydrogen-bond acceptors (Lipinski definition) is 3. The summed E-state index contributed by atoms with van der Waals surface area (Å²) in [7, 11) is 0. The molecule has 0 saturated heterocycles. The van der Waals surface area contributed by atoms with E-state index < -0.39 is 6.10 Å². The first-order chi connectivity index (χ1) is 8.15. The Kier molecular flexibility index (Phi) is 4.02. The molecule has 0 radical (unpaired) electrons. The van der Waals surface area contributed by atoms with Gasteiger partial charge in [-0.1, -0.05) is 17.7 Å². The quantitative estimate of drug-likeness (QED) is 0.792. The maximum atomic E-state index is 9.25. The number of aliphatic hydroxyl groups excluding tert-OH is 1. The van der Waals surface area contributed by atoms with Crippen LogP contribution in [0.3, 0.4) is 0 Å². The summed E-state index contributed by atoms with van der Waals surface area (Å²) in [5.74, 6) is 0.879. The average Bonchev–Trinajstić information content (AvgIpc) is 3.08. The van der Waals surface area contributed by atoms with Gasteiger partial charge in [-0.2, -0.15) is 0 Å². The SMILES string of the molecule is Cc1ccc(OCC(C)O)c(CNC2CC2)c1. The van der Waals surface area contributed by atoms with Crippen molar-refractivity contribution in [1.82, 2.24) is 5.32 Å². The van der Waals surface area contributed by atoms with Crippen LogP contribution in [0, 0.1) is 6.92 Å². The summed E-state index contributed by atoms with van der Waals surface area (Å²) in [4.78, 5) is 0. The van der Waals surface area contributed by atoms with Crippen molar-refractivity contribution in [3.05, 3.63) is 29.3 Å². The Morgan fingerprint density at radius 1 is 1.47 bits per heavy atom. The Morgan fingerprint density at radius 2 is 2.24 bits per heavy atom. The second-order valence-electron chi connectivity index (χ2n) is 4.93. The zero-order chi connectivity index (χ0) is 12.3. The molecule has 1 saturated carbocycles. The van der Waals surface area contributed by atoms with Gasteiger partial charge in [0.25, 0.3) is 0 Å². The molecule has 1 aliphatic rings. The number of aryl methyl sites for hydroxylation is 1. The molecule has 94 valence electrons. The second kappa shape index (κ2) is 5.52. The van der Waals surface area contributed by atoms with Crippen LogP contribution in [-0.4, -0.2) is 23.9 Å². The van der Waals surface area contributed by atoms with Crippen LogP contribution in [0.4, 0.5) is 0 Å². The maximum absolute atomic E-state index is 9.25. The van der Waals surface area contributed by atoms with Crippen LogP contribution >= 0.6 is 0 Å². The Morgan fingerprint density at radius 3 is 2.88 bits per heavy atom. The van der Waals surface area contributed by atoms with Crippen LogP contribution < -0.4 is 10.1 Å². The van der Waals surface area contributed by atoms with Crippen LogP contribution in [0.15, 0.2) is 18.2 Å². The molecule has 0 heterocycles. The Bertz CT molecular complexity index is 372. The summed E-state index contributed by atoms with van der Waals surface area (Å²) >= 11 is 0. The molecule has 2 rings (SSSR count). The summed E-state index contributed by atoms with van der Waals surface area (Å²) < 4.78 is 5.62. The van der Waals surface area contributed by atoms with Gasteiger partial charge in [-0.25, -0.2) is 0 Å². The van der Waals surface area contributed by atoms with E-state index in [0.29, 0.717) is 12.6 Å². The fraction of sp³-hybridized carbons (Fsp3) is 0.571. The molecule has 0 amide bonds. The number of ether oxygens (including phenoxy) is 1. The van der Waals surface area contributed by atoms with Crippen molar-refractivity contribution >= 4 is 0 Å². The van der Waals surface area contributed by atoms with Gasteiger partial charge in [0.2, 0.25) is 0 Å². The summed E-state index contributed by atoms with van der Waals surface area (Å²) in [5, 5.41) is 12.7. The van der Waals surface area contributed by atoms with Crippen molar-refractivity contribution in [2.75, 3.05) is 6.61 Å². The van der Waals surface area contributed by atoms with Crippen molar-refractivity contribution in [3.63, 3.8) is 0 Å². The topological polar surface area (TPSA) is 41.5 Å². The monoisotopic (exact) mass is 235 g/mol. The molecule has 0 bridgehead atoms. The lowest BCUT2D eigenvalue weighted by molar-refractivity contribution is 0.122. The highest BCUT2D eigenvalue weighted by Crippen LogP contribution is 2.23. The Labute approximate surface area is 103 Å². The van der Waals surface area contributed by atoms with Crippen molar-refractivity contribution < 1.29 is 9.84 Å². The van der Waals surface area contributed by atoms with Crippen molar-refractivity contribution in [3.8, 4) is 5.75 Å². The molecular weight excluding hydrogens is 214 g/mol. The highest BCUT2D eigenvalue weighted by atomic mass is 16.5. The van der Waals surface area contributed by atoms with E-state index in [4.69, 9.17) is 4.74 Å². The van der Waals surface area contributed by atoms with Gasteiger partial charge in [0, 0.05) is 18.2 Å². The number of rotatable bonds is 6. The number of aliphatic hydroxyl groups is 1. The molecule has 1 fully saturated rings. The summed E-state index contributed by atoms with van der Waals surface area (Å²) in [5.41, 5.74) is 2.42. The van der Waals surface area contributed by atoms with Gasteiger partial charge in [-0.05, 0) is 32.8 Å². The van der Waals surface area contributed by atoms with Crippen LogP contribution in [0.2, 0.25) is 0 Å². The van der Waals surface area contributed by atoms with E-state index >= 15 is 0 Å². The van der Waals surface area contributed by atoms with E-state index in [1.54, 1.807) is 6.92 Å². The lowest BCUT2D eigenvalue weighted by Crippen LogP contribution is -2.18. The van der Waals surface area contributed by atoms with Gasteiger partial charge in [-0.15, -0.1) is 0 Å². The van der Waals surface area contributed by atoms with Crippen LogP contribution in [0.25, 0.3) is 0 Å². The first kappa shape index (κ1) is 12.4. The molecule has 3 nitrogen and oxygen atoms in total. The molecule has 3 heteroatoms. The van der Waals surface area contributed by atoms with Gasteiger partial charge in [0.05, 0.1) is 6.10 Å². The highest BCUT2D eigenvalue weighted by Gasteiger charge is 2.20. The zero-order valence-electron chi connectivity index (χ0n) is 10.6. The second-order valence-corrected chi connectivity index (χ2v) is 4.93. The standard InChI is InChI=1S/C14H21NO2/c1-10-3-6-14(17-9-11(2)16)12(7-10)8-15-13-4-5-13/h3,6-7,11,13,15-16H,4-5,8-9H2,1-2H3. The van der Waals surface area contributed by atoms with Crippen LogP contribution in [-0.2, 0) is 6.54 Å². The van der Waals surface area contributed by atoms with Crippen LogP contribution in [0.1, 0.15) is 30.9 Å². The molecule has 2 N–H and O–H groups in total. The largest absolute Gasteiger partial charge is 0.491 e. The van der Waals surface area contributed by atoms with Crippen LogP contribution in [0.5, 0.6) is 5.75 Å². The molecule has 0 aromatic heterocycles. The summed E-state index contributed by atoms with van der Waals surface area (Å²) in [6, 6.07) is 6.87. The lowest BCUT2D eigenvalue weighted by Gasteiger charge is -2.14. The first-order valence-electron chi connectivity index (χ1n) is 6.29. The molecule has 0 spiro atoms. The van der Waals surface area contributed by atoms with Gasteiger partial charge in [0.15, 0.2) is 0 Å². The van der Waals surface area contributed by atoms with Crippen molar-refractivity contribution in [1.29, 1.82) is 0 Å². The molecule has 1 atom stereocenters. The van der Waals surface area contributed by atoms with Crippen molar-refractivity contribution in [2.45, 2.75) is 45.4 Å². The molecule has 1 aromatic rings. The van der Waals surface area contributed by atoms with Crippen molar-refractivity contribution in [2.24, 2.45) is 0 Å². The van der Waals surface area contributed by atoms with Gasteiger partial charge >= 0.3 is 0 Å². The molecule has 1 unspecified atom stereocenters.